The Hall–Kier alpha value is -2.11. The van der Waals surface area contributed by atoms with Crippen LogP contribution in [0.3, 0.4) is 0 Å². The van der Waals surface area contributed by atoms with Gasteiger partial charge in [0.2, 0.25) is 0 Å². The van der Waals surface area contributed by atoms with Crippen LogP contribution in [0.15, 0.2) is 48.5 Å². The van der Waals surface area contributed by atoms with Gasteiger partial charge in [-0.1, -0.05) is 24.3 Å². The monoisotopic (exact) mass is 290 g/mol. The highest BCUT2D eigenvalue weighted by Gasteiger charge is 2.13. The summed E-state index contributed by atoms with van der Waals surface area (Å²) in [6.07, 6.45) is 0.622. The first-order valence-corrected chi connectivity index (χ1v) is 6.72. The zero-order valence-corrected chi connectivity index (χ0v) is 11.9. The molecule has 0 saturated heterocycles. The Morgan fingerprint density at radius 1 is 1.19 bits per heavy atom. The fourth-order valence-corrected chi connectivity index (χ4v) is 2.06. The normalized spacial score (nSPS) is 12.0. The minimum absolute atomic E-state index is 0.186. The maximum atomic E-state index is 13.7. The zero-order chi connectivity index (χ0) is 15.1. The van der Waals surface area contributed by atoms with Crippen LogP contribution in [0.25, 0.3) is 0 Å². The summed E-state index contributed by atoms with van der Waals surface area (Å²) in [5.41, 5.74) is 3.44. The average molecular weight is 290 g/mol. The molecule has 0 bridgehead atoms. The second-order valence-corrected chi connectivity index (χ2v) is 4.56. The van der Waals surface area contributed by atoms with Gasteiger partial charge in [-0.2, -0.15) is 0 Å². The Morgan fingerprint density at radius 3 is 2.57 bits per heavy atom. The SMILES string of the molecule is COc1ccc(C(CCOc2ccccc2)NN)cc1F. The lowest BCUT2D eigenvalue weighted by Gasteiger charge is -2.17. The summed E-state index contributed by atoms with van der Waals surface area (Å²) in [5, 5.41) is 0. The van der Waals surface area contributed by atoms with Crippen LogP contribution >= 0.6 is 0 Å². The molecule has 1 atom stereocenters. The highest BCUT2D eigenvalue weighted by Crippen LogP contribution is 2.23. The van der Waals surface area contributed by atoms with Crippen LogP contribution in [-0.4, -0.2) is 13.7 Å². The number of nitrogens with two attached hydrogens (primary N) is 1. The molecule has 2 rings (SSSR count). The molecular formula is C16H19FN2O2. The number of hydrogen-bond acceptors (Lipinski definition) is 4. The van der Waals surface area contributed by atoms with Crippen molar-refractivity contribution in [1.29, 1.82) is 0 Å². The number of benzene rings is 2. The van der Waals surface area contributed by atoms with Crippen LogP contribution in [0.5, 0.6) is 11.5 Å². The lowest BCUT2D eigenvalue weighted by Crippen LogP contribution is -2.29. The van der Waals surface area contributed by atoms with Crippen molar-refractivity contribution in [2.75, 3.05) is 13.7 Å². The van der Waals surface area contributed by atoms with Gasteiger partial charge in [0, 0.05) is 12.5 Å². The van der Waals surface area contributed by atoms with Gasteiger partial charge in [-0.05, 0) is 29.8 Å². The highest BCUT2D eigenvalue weighted by atomic mass is 19.1. The van der Waals surface area contributed by atoms with Crippen LogP contribution < -0.4 is 20.7 Å². The Labute approximate surface area is 123 Å². The molecule has 21 heavy (non-hydrogen) atoms. The number of nitrogens with one attached hydrogen (secondary N) is 1. The summed E-state index contributed by atoms with van der Waals surface area (Å²) in [6.45, 7) is 0.479. The third-order valence-electron chi connectivity index (χ3n) is 3.20. The summed E-state index contributed by atoms with van der Waals surface area (Å²) in [6, 6.07) is 14.1. The van der Waals surface area contributed by atoms with Crippen LogP contribution in [0.1, 0.15) is 18.0 Å². The van der Waals surface area contributed by atoms with Gasteiger partial charge in [0.1, 0.15) is 5.75 Å². The van der Waals surface area contributed by atoms with Gasteiger partial charge in [0.25, 0.3) is 0 Å². The molecule has 3 N–H and O–H groups in total. The molecule has 112 valence electrons. The zero-order valence-electron chi connectivity index (χ0n) is 11.9. The van der Waals surface area contributed by atoms with Crippen LogP contribution in [0.4, 0.5) is 4.39 Å². The highest BCUT2D eigenvalue weighted by molar-refractivity contribution is 5.31. The van der Waals surface area contributed by atoms with E-state index in [1.54, 1.807) is 12.1 Å². The fraction of sp³-hybridized carbons (Fsp3) is 0.250. The van der Waals surface area contributed by atoms with E-state index in [4.69, 9.17) is 15.3 Å². The van der Waals surface area contributed by atoms with Gasteiger partial charge < -0.3 is 9.47 Å². The molecule has 0 aliphatic rings. The second kappa shape index (κ2) is 7.61. The van der Waals surface area contributed by atoms with E-state index in [-0.39, 0.29) is 11.8 Å². The number of ether oxygens (including phenoxy) is 2. The van der Waals surface area contributed by atoms with Gasteiger partial charge in [-0.15, -0.1) is 0 Å². The van der Waals surface area contributed by atoms with E-state index < -0.39 is 5.82 Å². The Kier molecular flexibility index (Phi) is 5.54. The molecule has 0 aliphatic heterocycles. The van der Waals surface area contributed by atoms with Gasteiger partial charge in [0.15, 0.2) is 11.6 Å². The fourth-order valence-electron chi connectivity index (χ4n) is 2.06. The quantitative estimate of drug-likeness (QED) is 0.608. The third kappa shape index (κ3) is 4.18. The maximum absolute atomic E-state index is 13.7. The first-order valence-electron chi connectivity index (χ1n) is 6.72. The van der Waals surface area contributed by atoms with E-state index in [1.807, 2.05) is 30.3 Å². The minimum Gasteiger partial charge on any atom is -0.494 e. The molecule has 2 aromatic carbocycles. The van der Waals surface area contributed by atoms with E-state index >= 15 is 0 Å². The predicted molar refractivity (Wildman–Crippen MR) is 79.6 cm³/mol. The number of hydrazine groups is 1. The molecule has 0 saturated carbocycles. The number of para-hydroxylation sites is 1. The Balaban J connectivity index is 1.95. The Bertz CT molecular complexity index is 563. The van der Waals surface area contributed by atoms with E-state index in [9.17, 15) is 4.39 Å². The molecule has 0 aliphatic carbocycles. The number of halogens is 1. The van der Waals surface area contributed by atoms with Gasteiger partial charge >= 0.3 is 0 Å². The molecule has 2 aromatic rings. The summed E-state index contributed by atoms with van der Waals surface area (Å²) in [4.78, 5) is 0. The van der Waals surface area contributed by atoms with E-state index in [0.29, 0.717) is 13.0 Å². The summed E-state index contributed by atoms with van der Waals surface area (Å²) < 4.78 is 24.2. The maximum Gasteiger partial charge on any atom is 0.165 e. The van der Waals surface area contributed by atoms with Crippen molar-refractivity contribution in [1.82, 2.24) is 5.43 Å². The van der Waals surface area contributed by atoms with Crippen molar-refractivity contribution >= 4 is 0 Å². The van der Waals surface area contributed by atoms with Crippen molar-refractivity contribution < 1.29 is 13.9 Å². The average Bonchev–Trinajstić information content (AvgIpc) is 2.52. The molecule has 0 fully saturated rings. The van der Waals surface area contributed by atoms with Gasteiger partial charge in [0.05, 0.1) is 13.7 Å². The number of hydrogen-bond donors (Lipinski definition) is 2. The molecule has 0 amide bonds. The standard InChI is InChI=1S/C16H19FN2O2/c1-20-16-8-7-12(11-14(16)17)15(19-18)9-10-21-13-5-3-2-4-6-13/h2-8,11,15,19H,9-10,18H2,1H3. The molecule has 0 heterocycles. The van der Waals surface area contributed by atoms with Crippen molar-refractivity contribution in [3.63, 3.8) is 0 Å². The molecule has 4 nitrogen and oxygen atoms in total. The van der Waals surface area contributed by atoms with E-state index in [1.165, 1.54) is 13.2 Å². The summed E-state index contributed by atoms with van der Waals surface area (Å²) in [5.74, 6) is 6.16. The van der Waals surface area contributed by atoms with Crippen LogP contribution in [-0.2, 0) is 0 Å². The Morgan fingerprint density at radius 2 is 1.95 bits per heavy atom. The number of rotatable bonds is 7. The molecule has 0 radical (unpaired) electrons. The third-order valence-corrected chi connectivity index (χ3v) is 3.20. The molecule has 0 spiro atoms. The van der Waals surface area contributed by atoms with Crippen molar-refractivity contribution in [3.8, 4) is 11.5 Å². The molecule has 5 heteroatoms. The lowest BCUT2D eigenvalue weighted by atomic mass is 10.0. The van der Waals surface area contributed by atoms with Crippen molar-refractivity contribution in [2.24, 2.45) is 5.84 Å². The minimum atomic E-state index is -0.403. The second-order valence-electron chi connectivity index (χ2n) is 4.56. The summed E-state index contributed by atoms with van der Waals surface area (Å²) >= 11 is 0. The first-order chi connectivity index (χ1) is 10.2. The van der Waals surface area contributed by atoms with Crippen LogP contribution in [0.2, 0.25) is 0 Å². The largest absolute Gasteiger partial charge is 0.494 e. The van der Waals surface area contributed by atoms with E-state index in [0.717, 1.165) is 11.3 Å². The first kappa shape index (κ1) is 15.3. The smallest absolute Gasteiger partial charge is 0.165 e. The summed E-state index contributed by atoms with van der Waals surface area (Å²) in [7, 11) is 1.43. The topological polar surface area (TPSA) is 56.5 Å². The molecule has 0 aromatic heterocycles. The van der Waals surface area contributed by atoms with Crippen LogP contribution in [0, 0.1) is 5.82 Å². The molecule has 1 unspecified atom stereocenters. The lowest BCUT2D eigenvalue weighted by molar-refractivity contribution is 0.287. The molecular weight excluding hydrogens is 271 g/mol. The van der Waals surface area contributed by atoms with Gasteiger partial charge in [-0.3, -0.25) is 11.3 Å². The predicted octanol–water partition coefficient (Wildman–Crippen LogP) is 2.81. The van der Waals surface area contributed by atoms with Crippen molar-refractivity contribution in [3.05, 3.63) is 59.9 Å². The van der Waals surface area contributed by atoms with E-state index in [2.05, 4.69) is 5.43 Å². The number of methoxy groups -OCH3 is 1. The van der Waals surface area contributed by atoms with Gasteiger partial charge in [-0.25, -0.2) is 4.39 Å². The van der Waals surface area contributed by atoms with Crippen molar-refractivity contribution in [2.45, 2.75) is 12.5 Å².